The molecule has 0 spiro atoms. The fraction of sp³-hybridized carbons (Fsp3) is 0.136. The molecule has 0 bridgehead atoms. The van der Waals surface area contributed by atoms with Gasteiger partial charge in [-0.25, -0.2) is 17.2 Å². The first-order valence-electron chi connectivity index (χ1n) is 9.23. The summed E-state index contributed by atoms with van der Waals surface area (Å²) in [4.78, 5) is 12.6. The normalized spacial score (nSPS) is 12.1. The van der Waals surface area contributed by atoms with Gasteiger partial charge in [0.1, 0.15) is 29.2 Å². The number of nitrogens with one attached hydrogen (secondary N) is 1. The van der Waals surface area contributed by atoms with Gasteiger partial charge in [-0.3, -0.25) is 9.10 Å². The van der Waals surface area contributed by atoms with E-state index in [1.807, 2.05) is 18.2 Å². The van der Waals surface area contributed by atoms with Gasteiger partial charge in [-0.1, -0.05) is 18.2 Å². The van der Waals surface area contributed by atoms with Crippen molar-refractivity contribution >= 4 is 27.3 Å². The van der Waals surface area contributed by atoms with E-state index < -0.39 is 33.6 Å². The molecule has 1 N–H and O–H groups in total. The second kappa shape index (κ2) is 9.13. The zero-order valence-electron chi connectivity index (χ0n) is 16.7. The molecule has 3 rings (SSSR count). The van der Waals surface area contributed by atoms with Crippen molar-refractivity contribution in [3.05, 3.63) is 84.4 Å². The average Bonchev–Trinajstić information content (AvgIpc) is 2.71. The van der Waals surface area contributed by atoms with Crippen molar-refractivity contribution in [1.82, 2.24) is 0 Å². The summed E-state index contributed by atoms with van der Waals surface area (Å²) in [7, 11) is -3.87. The van der Waals surface area contributed by atoms with Crippen LogP contribution in [0.3, 0.4) is 0 Å². The number of sulfonamides is 1. The van der Waals surface area contributed by atoms with Crippen molar-refractivity contribution < 1.29 is 26.7 Å². The summed E-state index contributed by atoms with van der Waals surface area (Å²) in [5.74, 6) is -1.44. The van der Waals surface area contributed by atoms with Crippen molar-refractivity contribution in [2.75, 3.05) is 15.9 Å². The minimum atomic E-state index is -3.87. The van der Waals surface area contributed by atoms with E-state index in [2.05, 4.69) is 5.32 Å². The lowest BCUT2D eigenvalue weighted by Gasteiger charge is -2.28. The molecule has 0 radical (unpaired) electrons. The van der Waals surface area contributed by atoms with Gasteiger partial charge in [0.25, 0.3) is 0 Å². The summed E-state index contributed by atoms with van der Waals surface area (Å²) >= 11 is 0. The Morgan fingerprint density at radius 3 is 2.16 bits per heavy atom. The smallest absolute Gasteiger partial charge is 0.248 e. The van der Waals surface area contributed by atoms with Crippen LogP contribution in [0.1, 0.15) is 6.92 Å². The van der Waals surface area contributed by atoms with Crippen molar-refractivity contribution in [3.63, 3.8) is 0 Å². The first-order chi connectivity index (χ1) is 14.6. The van der Waals surface area contributed by atoms with E-state index in [1.165, 1.54) is 19.1 Å². The van der Waals surface area contributed by atoms with Crippen LogP contribution < -0.4 is 14.4 Å². The standard InChI is InChI=1S/C22H20F2N2O4S/c1-15(22(27)25-21-13-8-16(23)14-20(21)24)26(31(2,28)29)17-9-11-19(12-10-17)30-18-6-4-3-5-7-18/h3-15H,1-2H3,(H,25,27)/t15-/m0/s1. The topological polar surface area (TPSA) is 75.7 Å². The van der Waals surface area contributed by atoms with Gasteiger partial charge < -0.3 is 10.1 Å². The van der Waals surface area contributed by atoms with Crippen LogP contribution >= 0.6 is 0 Å². The quantitative estimate of drug-likeness (QED) is 0.578. The van der Waals surface area contributed by atoms with E-state index in [0.717, 1.165) is 22.7 Å². The Kier molecular flexibility index (Phi) is 6.55. The number of rotatable bonds is 7. The largest absolute Gasteiger partial charge is 0.457 e. The molecule has 0 fully saturated rings. The Bertz CT molecular complexity index is 1170. The molecular formula is C22H20F2N2O4S. The molecule has 0 heterocycles. The number of ether oxygens (including phenoxy) is 1. The highest BCUT2D eigenvalue weighted by Gasteiger charge is 2.29. The minimum absolute atomic E-state index is 0.227. The molecule has 0 saturated heterocycles. The van der Waals surface area contributed by atoms with Crippen LogP contribution in [0.5, 0.6) is 11.5 Å². The van der Waals surface area contributed by atoms with Gasteiger partial charge in [0.15, 0.2) is 0 Å². The van der Waals surface area contributed by atoms with E-state index in [9.17, 15) is 22.0 Å². The molecule has 3 aromatic carbocycles. The maximum absolute atomic E-state index is 13.9. The number of nitrogens with zero attached hydrogens (tertiary/aromatic N) is 1. The van der Waals surface area contributed by atoms with Crippen LogP contribution in [0.25, 0.3) is 0 Å². The maximum Gasteiger partial charge on any atom is 0.248 e. The summed E-state index contributed by atoms with van der Waals surface area (Å²) in [6, 6.07) is 16.7. The molecule has 31 heavy (non-hydrogen) atoms. The maximum atomic E-state index is 13.9. The van der Waals surface area contributed by atoms with E-state index in [4.69, 9.17) is 4.74 Å². The van der Waals surface area contributed by atoms with E-state index in [-0.39, 0.29) is 11.4 Å². The highest BCUT2D eigenvalue weighted by Crippen LogP contribution is 2.27. The summed E-state index contributed by atoms with van der Waals surface area (Å²) < 4.78 is 58.3. The van der Waals surface area contributed by atoms with Crippen LogP contribution in [0.4, 0.5) is 20.2 Å². The first-order valence-corrected chi connectivity index (χ1v) is 11.1. The molecular weight excluding hydrogens is 426 g/mol. The van der Waals surface area contributed by atoms with Crippen LogP contribution in [-0.4, -0.2) is 26.6 Å². The van der Waals surface area contributed by atoms with Crippen molar-refractivity contribution in [1.29, 1.82) is 0 Å². The fourth-order valence-corrected chi connectivity index (χ4v) is 4.10. The van der Waals surface area contributed by atoms with Crippen molar-refractivity contribution in [2.24, 2.45) is 0 Å². The lowest BCUT2D eigenvalue weighted by Crippen LogP contribution is -2.45. The fourth-order valence-electron chi connectivity index (χ4n) is 2.92. The molecule has 162 valence electrons. The number of carbonyl (C=O) groups excluding carboxylic acids is 1. The predicted octanol–water partition coefficient (Wildman–Crippen LogP) is 4.55. The molecule has 0 aromatic heterocycles. The Labute approximate surface area is 179 Å². The second-order valence-electron chi connectivity index (χ2n) is 6.76. The molecule has 1 atom stereocenters. The zero-order valence-corrected chi connectivity index (χ0v) is 17.6. The molecule has 0 aliphatic rings. The highest BCUT2D eigenvalue weighted by molar-refractivity contribution is 7.92. The third kappa shape index (κ3) is 5.58. The predicted molar refractivity (Wildman–Crippen MR) is 115 cm³/mol. The number of halogens is 2. The molecule has 0 aliphatic heterocycles. The molecule has 0 aliphatic carbocycles. The van der Waals surface area contributed by atoms with Gasteiger partial charge in [0, 0.05) is 6.07 Å². The van der Waals surface area contributed by atoms with Gasteiger partial charge in [0.2, 0.25) is 15.9 Å². The van der Waals surface area contributed by atoms with E-state index in [1.54, 1.807) is 24.3 Å². The number of para-hydroxylation sites is 1. The number of carbonyl (C=O) groups is 1. The lowest BCUT2D eigenvalue weighted by molar-refractivity contribution is -0.116. The van der Waals surface area contributed by atoms with Gasteiger partial charge >= 0.3 is 0 Å². The SMILES string of the molecule is C[C@@H](C(=O)Nc1ccc(F)cc1F)N(c1ccc(Oc2ccccc2)cc1)S(C)(=O)=O. The second-order valence-corrected chi connectivity index (χ2v) is 8.62. The molecule has 0 saturated carbocycles. The lowest BCUT2D eigenvalue weighted by atomic mass is 10.2. The summed E-state index contributed by atoms with van der Waals surface area (Å²) in [5.41, 5.74) is -0.0246. The van der Waals surface area contributed by atoms with E-state index >= 15 is 0 Å². The first kappa shape index (κ1) is 22.2. The van der Waals surface area contributed by atoms with Crippen LogP contribution in [0.15, 0.2) is 72.8 Å². The van der Waals surface area contributed by atoms with Crippen LogP contribution in [0, 0.1) is 11.6 Å². The average molecular weight is 446 g/mol. The number of hydrogen-bond donors (Lipinski definition) is 1. The van der Waals surface area contributed by atoms with Crippen molar-refractivity contribution in [3.8, 4) is 11.5 Å². The highest BCUT2D eigenvalue weighted by atomic mass is 32.2. The molecule has 0 unspecified atom stereocenters. The van der Waals surface area contributed by atoms with Gasteiger partial charge in [0.05, 0.1) is 17.6 Å². The monoisotopic (exact) mass is 446 g/mol. The Morgan fingerprint density at radius 1 is 0.968 bits per heavy atom. The zero-order chi connectivity index (χ0) is 22.6. The number of anilines is 2. The molecule has 9 heteroatoms. The minimum Gasteiger partial charge on any atom is -0.457 e. The number of hydrogen-bond acceptors (Lipinski definition) is 4. The van der Waals surface area contributed by atoms with Crippen molar-refractivity contribution in [2.45, 2.75) is 13.0 Å². The number of benzene rings is 3. The van der Waals surface area contributed by atoms with Gasteiger partial charge in [-0.15, -0.1) is 0 Å². The molecule has 6 nitrogen and oxygen atoms in total. The van der Waals surface area contributed by atoms with Gasteiger partial charge in [-0.05, 0) is 55.5 Å². The van der Waals surface area contributed by atoms with Gasteiger partial charge in [-0.2, -0.15) is 0 Å². The Morgan fingerprint density at radius 2 is 1.58 bits per heavy atom. The Hall–Kier alpha value is -3.46. The van der Waals surface area contributed by atoms with Crippen LogP contribution in [-0.2, 0) is 14.8 Å². The van der Waals surface area contributed by atoms with E-state index in [0.29, 0.717) is 17.6 Å². The third-order valence-corrected chi connectivity index (χ3v) is 5.59. The summed E-state index contributed by atoms with van der Waals surface area (Å²) in [5, 5.41) is 2.29. The third-order valence-electron chi connectivity index (χ3n) is 4.35. The Balaban J connectivity index is 1.81. The molecule has 3 aromatic rings. The molecule has 1 amide bonds. The number of amides is 1. The summed E-state index contributed by atoms with van der Waals surface area (Å²) in [6.45, 7) is 1.37. The van der Waals surface area contributed by atoms with Crippen LogP contribution in [0.2, 0.25) is 0 Å². The summed E-state index contributed by atoms with van der Waals surface area (Å²) in [6.07, 6.45) is 0.962.